The molecule has 0 aliphatic rings. The summed E-state index contributed by atoms with van der Waals surface area (Å²) in [6.07, 6.45) is 1.87. The normalized spacial score (nSPS) is 13.2. The first-order valence-corrected chi connectivity index (χ1v) is 10.8. The Morgan fingerprint density at radius 1 is 1.06 bits per heavy atom. The Morgan fingerprint density at radius 3 is 2.32 bits per heavy atom. The van der Waals surface area contributed by atoms with E-state index in [1.807, 2.05) is 32.7 Å². The average Bonchev–Trinajstić information content (AvgIpc) is 2.73. The number of nitrogen functional groups attached to an aromatic ring is 1. The number of hydrogen-bond donors (Lipinski definition) is 3. The van der Waals surface area contributed by atoms with E-state index in [1.54, 1.807) is 36.5 Å². The van der Waals surface area contributed by atoms with E-state index in [1.165, 1.54) is 0 Å². The molecule has 0 aliphatic carbocycles. The molecule has 0 fully saturated rings. The maximum Gasteiger partial charge on any atom is 0.243 e. The predicted molar refractivity (Wildman–Crippen MR) is 125 cm³/mol. The van der Waals surface area contributed by atoms with Gasteiger partial charge < -0.3 is 16.4 Å². The van der Waals surface area contributed by atoms with Gasteiger partial charge in [-0.05, 0) is 57.1 Å². The first-order valence-electron chi connectivity index (χ1n) is 10.0. The lowest BCUT2D eigenvalue weighted by Gasteiger charge is -2.29. The zero-order valence-electron chi connectivity index (χ0n) is 18.2. The van der Waals surface area contributed by atoms with E-state index in [0.717, 1.165) is 11.1 Å². The fourth-order valence-electron chi connectivity index (χ4n) is 2.89. The number of rotatable bonds is 9. The van der Waals surface area contributed by atoms with Crippen LogP contribution in [0.5, 0.6) is 0 Å². The Labute approximate surface area is 193 Å². The third kappa shape index (κ3) is 7.38. The first-order chi connectivity index (χ1) is 14.6. The number of nitrogens with one attached hydrogen (secondary N) is 2. The number of nitrogens with two attached hydrogens (primary N) is 1. The molecule has 1 aromatic heterocycles. The number of amides is 2. The SMILES string of the molecule is CC(C)N(C)[C@@H](C)C(=O)N[C@@H](Cc1ccc(Cl)c(Cl)c1)C(=O)NCc1ccc(N)nc1. The van der Waals surface area contributed by atoms with Crippen molar-refractivity contribution in [2.75, 3.05) is 12.8 Å². The highest BCUT2D eigenvalue weighted by Gasteiger charge is 2.26. The average molecular weight is 466 g/mol. The van der Waals surface area contributed by atoms with E-state index in [-0.39, 0.29) is 30.8 Å². The molecule has 2 amide bonds. The van der Waals surface area contributed by atoms with Crippen LogP contribution in [0.15, 0.2) is 36.5 Å². The van der Waals surface area contributed by atoms with Gasteiger partial charge in [0.05, 0.1) is 16.1 Å². The van der Waals surface area contributed by atoms with Crippen molar-refractivity contribution >= 4 is 40.8 Å². The maximum atomic E-state index is 13.0. The van der Waals surface area contributed by atoms with E-state index in [9.17, 15) is 9.59 Å². The number of halogens is 2. The Bertz CT molecular complexity index is 905. The third-order valence-corrected chi connectivity index (χ3v) is 5.92. The number of hydrogen-bond acceptors (Lipinski definition) is 5. The molecule has 0 aliphatic heterocycles. The molecule has 9 heteroatoms. The molecule has 2 aromatic rings. The molecule has 0 unspecified atom stereocenters. The molecule has 0 spiro atoms. The highest BCUT2D eigenvalue weighted by Crippen LogP contribution is 2.23. The molecule has 31 heavy (non-hydrogen) atoms. The second-order valence-electron chi connectivity index (χ2n) is 7.76. The van der Waals surface area contributed by atoms with Crippen LogP contribution >= 0.6 is 23.2 Å². The summed E-state index contributed by atoms with van der Waals surface area (Å²) in [5, 5.41) is 6.55. The molecule has 0 saturated carbocycles. The second kappa shape index (κ2) is 11.3. The number of anilines is 1. The van der Waals surface area contributed by atoms with Gasteiger partial charge in [-0.15, -0.1) is 0 Å². The zero-order valence-corrected chi connectivity index (χ0v) is 19.7. The highest BCUT2D eigenvalue weighted by molar-refractivity contribution is 6.42. The van der Waals surface area contributed by atoms with E-state index >= 15 is 0 Å². The molecule has 168 valence electrons. The predicted octanol–water partition coefficient (Wildman–Crippen LogP) is 3.04. The van der Waals surface area contributed by atoms with E-state index in [2.05, 4.69) is 15.6 Å². The van der Waals surface area contributed by atoms with Gasteiger partial charge >= 0.3 is 0 Å². The van der Waals surface area contributed by atoms with Crippen LogP contribution in [0.3, 0.4) is 0 Å². The van der Waals surface area contributed by atoms with Crippen LogP contribution in [0.1, 0.15) is 31.9 Å². The van der Waals surface area contributed by atoms with E-state index < -0.39 is 12.1 Å². The van der Waals surface area contributed by atoms with Crippen LogP contribution in [-0.4, -0.2) is 46.9 Å². The van der Waals surface area contributed by atoms with Gasteiger partial charge in [0.2, 0.25) is 11.8 Å². The molecule has 0 bridgehead atoms. The number of likely N-dealkylation sites (N-methyl/N-ethyl adjacent to an activating group) is 1. The minimum Gasteiger partial charge on any atom is -0.384 e. The summed E-state index contributed by atoms with van der Waals surface area (Å²) < 4.78 is 0. The fraction of sp³-hybridized carbons (Fsp3) is 0.409. The van der Waals surface area contributed by atoms with Crippen LogP contribution in [0, 0.1) is 0 Å². The van der Waals surface area contributed by atoms with Gasteiger partial charge in [-0.25, -0.2) is 4.98 Å². The summed E-state index contributed by atoms with van der Waals surface area (Å²) in [7, 11) is 1.87. The fourth-order valence-corrected chi connectivity index (χ4v) is 3.21. The Morgan fingerprint density at radius 2 is 1.74 bits per heavy atom. The second-order valence-corrected chi connectivity index (χ2v) is 8.57. The van der Waals surface area contributed by atoms with Gasteiger partial charge in [0.15, 0.2) is 0 Å². The molecule has 1 heterocycles. The number of aromatic nitrogens is 1. The molecule has 4 N–H and O–H groups in total. The summed E-state index contributed by atoms with van der Waals surface area (Å²) in [6, 6.07) is 7.61. The number of pyridine rings is 1. The third-order valence-electron chi connectivity index (χ3n) is 5.18. The largest absolute Gasteiger partial charge is 0.384 e. The van der Waals surface area contributed by atoms with Gasteiger partial charge in [-0.3, -0.25) is 14.5 Å². The van der Waals surface area contributed by atoms with E-state index in [4.69, 9.17) is 28.9 Å². The lowest BCUT2D eigenvalue weighted by molar-refractivity contribution is -0.131. The molecular formula is C22H29Cl2N5O2. The molecule has 0 saturated heterocycles. The first kappa shape index (κ1) is 24.9. The molecule has 7 nitrogen and oxygen atoms in total. The summed E-state index contributed by atoms with van der Waals surface area (Å²) in [4.78, 5) is 31.7. The Balaban J connectivity index is 2.15. The molecule has 0 radical (unpaired) electrons. The molecule has 2 rings (SSSR count). The lowest BCUT2D eigenvalue weighted by Crippen LogP contribution is -2.53. The number of carbonyl (C=O) groups excluding carboxylic acids is 2. The molecule has 1 aromatic carbocycles. The minimum atomic E-state index is -0.783. The molecular weight excluding hydrogens is 437 g/mol. The highest BCUT2D eigenvalue weighted by atomic mass is 35.5. The van der Waals surface area contributed by atoms with Crippen molar-refractivity contribution in [2.24, 2.45) is 0 Å². The summed E-state index contributed by atoms with van der Waals surface area (Å²) in [5.41, 5.74) is 7.19. The topological polar surface area (TPSA) is 100 Å². The maximum absolute atomic E-state index is 13.0. The quantitative estimate of drug-likeness (QED) is 0.528. The van der Waals surface area contributed by atoms with Crippen molar-refractivity contribution in [3.8, 4) is 0 Å². The van der Waals surface area contributed by atoms with Crippen molar-refractivity contribution in [3.63, 3.8) is 0 Å². The van der Waals surface area contributed by atoms with Gasteiger partial charge in [-0.1, -0.05) is 35.3 Å². The molecule has 2 atom stereocenters. The van der Waals surface area contributed by atoms with Crippen molar-refractivity contribution in [1.29, 1.82) is 0 Å². The number of carbonyl (C=O) groups is 2. The summed E-state index contributed by atoms with van der Waals surface area (Å²) >= 11 is 12.1. The van der Waals surface area contributed by atoms with Gasteiger partial charge in [0.25, 0.3) is 0 Å². The number of nitrogens with zero attached hydrogens (tertiary/aromatic N) is 2. The van der Waals surface area contributed by atoms with Crippen LogP contribution in [-0.2, 0) is 22.6 Å². The number of benzene rings is 1. The lowest BCUT2D eigenvalue weighted by atomic mass is 10.0. The monoisotopic (exact) mass is 465 g/mol. The van der Waals surface area contributed by atoms with Crippen LogP contribution < -0.4 is 16.4 Å². The Kier molecular flexibility index (Phi) is 9.10. The van der Waals surface area contributed by atoms with Crippen LogP contribution in [0.2, 0.25) is 10.0 Å². The van der Waals surface area contributed by atoms with Crippen LogP contribution in [0.25, 0.3) is 0 Å². The Hall–Kier alpha value is -2.35. The van der Waals surface area contributed by atoms with Gasteiger partial charge in [0.1, 0.15) is 11.9 Å². The summed E-state index contributed by atoms with van der Waals surface area (Å²) in [5.74, 6) is -0.135. The van der Waals surface area contributed by atoms with E-state index in [0.29, 0.717) is 15.9 Å². The standard InChI is InChI=1S/C22H29Cl2N5O2/c1-13(2)29(4)14(3)21(30)28-19(10-15-5-7-17(23)18(24)9-15)22(31)27-12-16-6-8-20(25)26-11-16/h5-9,11,13-14,19H,10,12H2,1-4H3,(H2,25,26)(H,27,31)(H,28,30)/t14-,19-/m0/s1. The smallest absolute Gasteiger partial charge is 0.243 e. The zero-order chi connectivity index (χ0) is 23.1. The van der Waals surface area contributed by atoms with Crippen molar-refractivity contribution < 1.29 is 9.59 Å². The van der Waals surface area contributed by atoms with Gasteiger partial charge in [-0.2, -0.15) is 0 Å². The minimum absolute atomic E-state index is 0.182. The van der Waals surface area contributed by atoms with Crippen molar-refractivity contribution in [1.82, 2.24) is 20.5 Å². The summed E-state index contributed by atoms with van der Waals surface area (Å²) in [6.45, 7) is 6.08. The van der Waals surface area contributed by atoms with Crippen LogP contribution in [0.4, 0.5) is 5.82 Å². The van der Waals surface area contributed by atoms with Crippen molar-refractivity contribution in [2.45, 2.75) is 51.9 Å². The van der Waals surface area contributed by atoms with Crippen molar-refractivity contribution in [3.05, 3.63) is 57.7 Å². The van der Waals surface area contributed by atoms with Gasteiger partial charge in [0, 0.05) is 25.2 Å².